The fraction of sp³-hybridized carbons (Fsp3) is 0.467. The Hall–Kier alpha value is -2.11. The molecule has 0 unspecified atom stereocenters. The maximum atomic E-state index is 13.8. The van der Waals surface area contributed by atoms with Gasteiger partial charge in [0.25, 0.3) is 0 Å². The highest BCUT2D eigenvalue weighted by Gasteiger charge is 2.27. The molecule has 1 rings (SSSR count). The SMILES string of the molecule is Cc1ccc(NC(=O)N(CCC(=O)O)C(C)(C)C)c(F)c1. The number of urea groups is 1. The number of carboxylic acids is 1. The minimum absolute atomic E-state index is 0.0537. The van der Waals surface area contributed by atoms with Gasteiger partial charge in [0.05, 0.1) is 12.1 Å². The Bertz CT molecular complexity index is 538. The van der Waals surface area contributed by atoms with Crippen LogP contribution >= 0.6 is 0 Å². The lowest BCUT2D eigenvalue weighted by Gasteiger charge is -2.35. The highest BCUT2D eigenvalue weighted by molar-refractivity contribution is 5.90. The van der Waals surface area contributed by atoms with Crippen LogP contribution in [0.5, 0.6) is 0 Å². The van der Waals surface area contributed by atoms with Crippen molar-refractivity contribution in [2.75, 3.05) is 11.9 Å². The molecule has 0 aliphatic heterocycles. The third kappa shape index (κ3) is 5.06. The van der Waals surface area contributed by atoms with Crippen molar-refractivity contribution in [2.45, 2.75) is 39.7 Å². The van der Waals surface area contributed by atoms with E-state index in [9.17, 15) is 14.0 Å². The normalized spacial score (nSPS) is 11.1. The highest BCUT2D eigenvalue weighted by Crippen LogP contribution is 2.19. The van der Waals surface area contributed by atoms with Gasteiger partial charge in [0.2, 0.25) is 0 Å². The second-order valence-corrected chi connectivity index (χ2v) is 5.88. The average molecular weight is 296 g/mol. The van der Waals surface area contributed by atoms with E-state index >= 15 is 0 Å². The highest BCUT2D eigenvalue weighted by atomic mass is 19.1. The van der Waals surface area contributed by atoms with Crippen molar-refractivity contribution in [1.82, 2.24) is 4.90 Å². The maximum Gasteiger partial charge on any atom is 0.322 e. The van der Waals surface area contributed by atoms with Crippen molar-refractivity contribution in [3.8, 4) is 0 Å². The Morgan fingerprint density at radius 2 is 1.95 bits per heavy atom. The zero-order valence-electron chi connectivity index (χ0n) is 12.7. The van der Waals surface area contributed by atoms with Gasteiger partial charge in [-0.05, 0) is 45.4 Å². The van der Waals surface area contributed by atoms with Crippen molar-refractivity contribution in [2.24, 2.45) is 0 Å². The molecular formula is C15H21FN2O3. The number of hydrogen-bond donors (Lipinski definition) is 2. The van der Waals surface area contributed by atoms with Crippen LogP contribution in [-0.2, 0) is 4.79 Å². The topological polar surface area (TPSA) is 69.6 Å². The second-order valence-electron chi connectivity index (χ2n) is 5.88. The molecule has 6 heteroatoms. The molecular weight excluding hydrogens is 275 g/mol. The number of aryl methyl sites for hydroxylation is 1. The lowest BCUT2D eigenvalue weighted by atomic mass is 10.1. The fourth-order valence-electron chi connectivity index (χ4n) is 1.85. The van der Waals surface area contributed by atoms with Gasteiger partial charge in [0.1, 0.15) is 5.82 Å². The Morgan fingerprint density at radius 1 is 1.33 bits per heavy atom. The third-order valence-electron chi connectivity index (χ3n) is 2.97. The molecule has 0 aliphatic carbocycles. The monoisotopic (exact) mass is 296 g/mol. The first-order valence-electron chi connectivity index (χ1n) is 6.68. The van der Waals surface area contributed by atoms with Crippen molar-refractivity contribution in [1.29, 1.82) is 0 Å². The number of nitrogens with zero attached hydrogens (tertiary/aromatic N) is 1. The van der Waals surface area contributed by atoms with Crippen LogP contribution in [0.15, 0.2) is 18.2 Å². The van der Waals surface area contributed by atoms with Gasteiger partial charge in [-0.25, -0.2) is 9.18 Å². The van der Waals surface area contributed by atoms with Gasteiger partial charge < -0.3 is 15.3 Å². The number of carboxylic acid groups (broad SMARTS) is 1. The molecule has 0 saturated heterocycles. The smallest absolute Gasteiger partial charge is 0.322 e. The summed E-state index contributed by atoms with van der Waals surface area (Å²) in [6.45, 7) is 7.18. The number of carbonyl (C=O) groups excluding carboxylic acids is 1. The average Bonchev–Trinajstić information content (AvgIpc) is 2.30. The summed E-state index contributed by atoms with van der Waals surface area (Å²) in [7, 11) is 0. The zero-order chi connectivity index (χ0) is 16.2. The first-order valence-corrected chi connectivity index (χ1v) is 6.68. The molecule has 21 heavy (non-hydrogen) atoms. The van der Waals surface area contributed by atoms with Crippen LogP contribution in [0.3, 0.4) is 0 Å². The molecule has 0 spiro atoms. The Balaban J connectivity index is 2.88. The van der Waals surface area contributed by atoms with Gasteiger partial charge in [-0.1, -0.05) is 6.07 Å². The molecule has 0 fully saturated rings. The van der Waals surface area contributed by atoms with Crippen LogP contribution in [0.25, 0.3) is 0 Å². The zero-order valence-corrected chi connectivity index (χ0v) is 12.7. The summed E-state index contributed by atoms with van der Waals surface area (Å²) in [6, 6.07) is 3.98. The van der Waals surface area contributed by atoms with Crippen molar-refractivity contribution < 1.29 is 19.1 Å². The number of halogens is 1. The van der Waals surface area contributed by atoms with Crippen LogP contribution in [-0.4, -0.2) is 34.1 Å². The molecule has 116 valence electrons. The van der Waals surface area contributed by atoms with E-state index in [2.05, 4.69) is 5.32 Å². The molecule has 0 aliphatic rings. The van der Waals surface area contributed by atoms with Crippen LogP contribution < -0.4 is 5.32 Å². The maximum absolute atomic E-state index is 13.8. The molecule has 5 nitrogen and oxygen atoms in total. The standard InChI is InChI=1S/C15H21FN2O3/c1-10-5-6-12(11(16)9-10)17-14(21)18(15(2,3)4)8-7-13(19)20/h5-6,9H,7-8H2,1-4H3,(H,17,21)(H,19,20). The summed E-state index contributed by atoms with van der Waals surface area (Å²) in [6.07, 6.45) is -0.166. The van der Waals surface area contributed by atoms with E-state index in [1.165, 1.54) is 17.0 Å². The van der Waals surface area contributed by atoms with Gasteiger partial charge in [0, 0.05) is 12.1 Å². The number of hydrogen-bond acceptors (Lipinski definition) is 2. The predicted molar refractivity (Wildman–Crippen MR) is 78.9 cm³/mol. The number of benzene rings is 1. The molecule has 2 amide bonds. The summed E-state index contributed by atoms with van der Waals surface area (Å²) >= 11 is 0. The van der Waals surface area contributed by atoms with Crippen LogP contribution in [0.1, 0.15) is 32.8 Å². The van der Waals surface area contributed by atoms with Crippen LogP contribution in [0.4, 0.5) is 14.9 Å². The van der Waals surface area contributed by atoms with E-state index in [0.29, 0.717) is 0 Å². The summed E-state index contributed by atoms with van der Waals surface area (Å²) in [5.74, 6) is -1.51. The first kappa shape index (κ1) is 16.9. The van der Waals surface area contributed by atoms with Crippen LogP contribution in [0, 0.1) is 12.7 Å². The van der Waals surface area contributed by atoms with E-state index in [1.54, 1.807) is 33.8 Å². The van der Waals surface area contributed by atoms with Gasteiger partial charge in [-0.15, -0.1) is 0 Å². The number of nitrogens with one attached hydrogen (secondary N) is 1. The number of rotatable bonds is 4. The van der Waals surface area contributed by atoms with Gasteiger partial charge in [-0.3, -0.25) is 4.79 Å². The van der Waals surface area contributed by atoms with Gasteiger partial charge in [-0.2, -0.15) is 0 Å². The summed E-state index contributed by atoms with van der Waals surface area (Å²) in [4.78, 5) is 24.3. The van der Waals surface area contributed by atoms with E-state index in [-0.39, 0.29) is 18.7 Å². The lowest BCUT2D eigenvalue weighted by molar-refractivity contribution is -0.137. The van der Waals surface area contributed by atoms with E-state index in [4.69, 9.17) is 5.11 Å². The number of carbonyl (C=O) groups is 2. The molecule has 2 N–H and O–H groups in total. The second kappa shape index (κ2) is 6.56. The Morgan fingerprint density at radius 3 is 2.43 bits per heavy atom. The predicted octanol–water partition coefficient (Wildman–Crippen LogP) is 3.24. The van der Waals surface area contributed by atoms with Crippen molar-refractivity contribution in [3.63, 3.8) is 0 Å². The molecule has 0 saturated carbocycles. The fourth-order valence-corrected chi connectivity index (χ4v) is 1.85. The first-order chi connectivity index (χ1) is 9.61. The largest absolute Gasteiger partial charge is 0.481 e. The molecule has 0 heterocycles. The molecule has 1 aromatic carbocycles. The van der Waals surface area contributed by atoms with Crippen molar-refractivity contribution in [3.05, 3.63) is 29.6 Å². The molecule has 1 aromatic rings. The van der Waals surface area contributed by atoms with Gasteiger partial charge >= 0.3 is 12.0 Å². The lowest BCUT2D eigenvalue weighted by Crippen LogP contribution is -2.48. The van der Waals surface area contributed by atoms with E-state index in [1.807, 2.05) is 0 Å². The third-order valence-corrected chi connectivity index (χ3v) is 2.97. The molecule has 0 radical (unpaired) electrons. The minimum Gasteiger partial charge on any atom is -0.481 e. The molecule has 0 aromatic heterocycles. The summed E-state index contributed by atoms with van der Waals surface area (Å²) in [5.41, 5.74) is 0.264. The van der Waals surface area contributed by atoms with Crippen LogP contribution in [0.2, 0.25) is 0 Å². The van der Waals surface area contributed by atoms with Crippen molar-refractivity contribution >= 4 is 17.7 Å². The Labute approximate surface area is 123 Å². The Kier molecular flexibility index (Phi) is 5.29. The summed E-state index contributed by atoms with van der Waals surface area (Å²) in [5, 5.41) is 11.2. The van der Waals surface area contributed by atoms with E-state index < -0.39 is 23.4 Å². The number of amides is 2. The quantitative estimate of drug-likeness (QED) is 0.896. The number of anilines is 1. The van der Waals surface area contributed by atoms with E-state index in [0.717, 1.165) is 5.56 Å². The number of aliphatic carboxylic acids is 1. The summed E-state index contributed by atoms with van der Waals surface area (Å²) < 4.78 is 13.8. The van der Waals surface area contributed by atoms with Gasteiger partial charge in [0.15, 0.2) is 0 Å². The molecule has 0 bridgehead atoms. The minimum atomic E-state index is -0.987. The molecule has 0 atom stereocenters.